The van der Waals surface area contributed by atoms with Crippen molar-refractivity contribution in [2.75, 3.05) is 43.1 Å². The van der Waals surface area contributed by atoms with Gasteiger partial charge in [-0.05, 0) is 35.9 Å². The van der Waals surface area contributed by atoms with Crippen LogP contribution in [-0.2, 0) is 11.3 Å². The molecule has 13 heteroatoms. The van der Waals surface area contributed by atoms with E-state index in [4.69, 9.17) is 26.2 Å². The number of carbonyl (C=O) groups excluding carboxylic acids is 1. The van der Waals surface area contributed by atoms with Gasteiger partial charge in [0.25, 0.3) is 5.91 Å². The van der Waals surface area contributed by atoms with E-state index in [2.05, 4.69) is 25.1 Å². The van der Waals surface area contributed by atoms with Crippen LogP contribution in [0.5, 0.6) is 5.75 Å². The van der Waals surface area contributed by atoms with E-state index < -0.39 is 12.1 Å². The Kier molecular flexibility index (Phi) is 9.72. The van der Waals surface area contributed by atoms with Crippen molar-refractivity contribution in [2.45, 2.75) is 12.7 Å². The van der Waals surface area contributed by atoms with Crippen LogP contribution in [0, 0.1) is 0 Å². The van der Waals surface area contributed by atoms with Crippen molar-refractivity contribution in [1.29, 1.82) is 0 Å². The number of alkyl halides is 3. The number of halogens is 4. The zero-order chi connectivity index (χ0) is 27.7. The third kappa shape index (κ3) is 7.97. The fourth-order valence-electron chi connectivity index (χ4n) is 3.59. The van der Waals surface area contributed by atoms with Gasteiger partial charge in [-0.2, -0.15) is 13.2 Å². The number of ether oxygens (including phenoxy) is 1. The fourth-order valence-corrected chi connectivity index (χ4v) is 3.87. The van der Waals surface area contributed by atoms with Gasteiger partial charge in [-0.15, -0.1) is 0 Å². The highest BCUT2D eigenvalue weighted by Crippen LogP contribution is 2.26. The average Bonchev–Trinajstić information content (AvgIpc) is 2.92. The first-order chi connectivity index (χ1) is 18.1. The van der Waals surface area contributed by atoms with Crippen molar-refractivity contribution in [3.8, 4) is 5.75 Å². The minimum absolute atomic E-state index is 0.216. The van der Waals surface area contributed by atoms with Crippen LogP contribution in [-0.4, -0.2) is 66.4 Å². The number of carboxylic acids is 1. The van der Waals surface area contributed by atoms with E-state index in [0.29, 0.717) is 22.9 Å². The summed E-state index contributed by atoms with van der Waals surface area (Å²) < 4.78 is 37.0. The number of nitrogens with zero attached hydrogens (tertiary/aromatic N) is 4. The molecule has 2 N–H and O–H groups in total. The number of piperazine rings is 1. The van der Waals surface area contributed by atoms with Crippen molar-refractivity contribution in [2.24, 2.45) is 0 Å². The molecule has 202 valence electrons. The standard InChI is InChI=1S/C23H24ClN5O2.C2HF3O2/c1-31-20-4-2-3-17(13-20)15-27-23(30)18-14-21(24)22(26-16-18)29-11-9-28(10-12-29)19-5-7-25-8-6-19;3-2(4,5)1(6)7/h2-8,13-14,16H,9-12,15H2,1H3,(H,27,30);(H,6,7). The Morgan fingerprint density at radius 3 is 2.29 bits per heavy atom. The summed E-state index contributed by atoms with van der Waals surface area (Å²) in [6, 6.07) is 13.3. The van der Waals surface area contributed by atoms with Crippen molar-refractivity contribution in [3.05, 3.63) is 77.2 Å². The first-order valence-electron chi connectivity index (χ1n) is 11.3. The van der Waals surface area contributed by atoms with Crippen molar-refractivity contribution < 1.29 is 32.6 Å². The smallest absolute Gasteiger partial charge is 0.490 e. The Morgan fingerprint density at radius 2 is 1.71 bits per heavy atom. The predicted molar refractivity (Wildman–Crippen MR) is 136 cm³/mol. The lowest BCUT2D eigenvalue weighted by atomic mass is 10.2. The molecule has 1 saturated heterocycles. The molecule has 1 aliphatic rings. The quantitative estimate of drug-likeness (QED) is 0.473. The highest BCUT2D eigenvalue weighted by atomic mass is 35.5. The molecule has 3 aromatic rings. The zero-order valence-corrected chi connectivity index (χ0v) is 21.0. The molecule has 1 aromatic carbocycles. The summed E-state index contributed by atoms with van der Waals surface area (Å²) in [5, 5.41) is 10.5. The maximum absolute atomic E-state index is 12.5. The van der Waals surface area contributed by atoms with E-state index >= 15 is 0 Å². The number of carboxylic acid groups (broad SMARTS) is 1. The van der Waals surface area contributed by atoms with Gasteiger partial charge in [0.2, 0.25) is 0 Å². The van der Waals surface area contributed by atoms with Crippen molar-refractivity contribution >= 4 is 35.0 Å². The molecule has 1 fully saturated rings. The van der Waals surface area contributed by atoms with Gasteiger partial charge in [0.05, 0.1) is 17.7 Å². The molecule has 1 amide bonds. The van der Waals surface area contributed by atoms with Crippen LogP contribution in [0.3, 0.4) is 0 Å². The van der Waals surface area contributed by atoms with Gasteiger partial charge >= 0.3 is 12.1 Å². The average molecular weight is 552 g/mol. The van der Waals surface area contributed by atoms with E-state index in [0.717, 1.165) is 43.2 Å². The molecule has 0 bridgehead atoms. The number of methoxy groups -OCH3 is 1. The molecule has 4 rings (SSSR count). The first kappa shape index (κ1) is 28.5. The van der Waals surface area contributed by atoms with Gasteiger partial charge in [-0.1, -0.05) is 23.7 Å². The molecule has 9 nitrogen and oxygen atoms in total. The van der Waals surface area contributed by atoms with Crippen LogP contribution in [0.2, 0.25) is 5.02 Å². The van der Waals surface area contributed by atoms with E-state index in [1.54, 1.807) is 31.8 Å². The monoisotopic (exact) mass is 551 g/mol. The topological polar surface area (TPSA) is 108 Å². The van der Waals surface area contributed by atoms with Crippen molar-refractivity contribution in [3.63, 3.8) is 0 Å². The van der Waals surface area contributed by atoms with Gasteiger partial charge in [-0.25, -0.2) is 9.78 Å². The number of pyridine rings is 2. The van der Waals surface area contributed by atoms with Crippen LogP contribution in [0.4, 0.5) is 24.7 Å². The number of aromatic nitrogens is 2. The number of nitrogens with one attached hydrogen (secondary N) is 1. The number of hydrogen-bond acceptors (Lipinski definition) is 7. The molecule has 0 radical (unpaired) electrons. The van der Waals surface area contributed by atoms with E-state index in [9.17, 15) is 18.0 Å². The minimum atomic E-state index is -5.08. The summed E-state index contributed by atoms with van der Waals surface area (Å²) in [5.41, 5.74) is 2.55. The Labute approximate surface area is 221 Å². The van der Waals surface area contributed by atoms with Gasteiger partial charge < -0.3 is 25.0 Å². The number of anilines is 2. The molecule has 0 atom stereocenters. The van der Waals surface area contributed by atoms with E-state index in [-0.39, 0.29) is 5.91 Å². The number of carbonyl (C=O) groups is 2. The van der Waals surface area contributed by atoms with Crippen LogP contribution in [0.15, 0.2) is 61.1 Å². The van der Waals surface area contributed by atoms with Gasteiger partial charge in [0, 0.05) is 57.0 Å². The second-order valence-electron chi connectivity index (χ2n) is 8.05. The molecule has 0 aliphatic carbocycles. The molecule has 0 spiro atoms. The second kappa shape index (κ2) is 13.0. The number of benzene rings is 1. The largest absolute Gasteiger partial charge is 0.497 e. The van der Waals surface area contributed by atoms with E-state index in [1.807, 2.05) is 36.4 Å². The Bertz CT molecular complexity index is 1240. The highest BCUT2D eigenvalue weighted by molar-refractivity contribution is 6.33. The molecular weight excluding hydrogens is 527 g/mol. The lowest BCUT2D eigenvalue weighted by Crippen LogP contribution is -2.47. The summed E-state index contributed by atoms with van der Waals surface area (Å²) in [7, 11) is 1.62. The summed E-state index contributed by atoms with van der Waals surface area (Å²) in [6.45, 7) is 3.73. The summed E-state index contributed by atoms with van der Waals surface area (Å²) in [5.74, 6) is -1.51. The van der Waals surface area contributed by atoms with Crippen molar-refractivity contribution in [1.82, 2.24) is 15.3 Å². The number of amides is 1. The molecule has 2 aromatic heterocycles. The summed E-state index contributed by atoms with van der Waals surface area (Å²) in [6.07, 6.45) is 0.105. The Balaban J connectivity index is 0.000000505. The highest BCUT2D eigenvalue weighted by Gasteiger charge is 2.38. The lowest BCUT2D eigenvalue weighted by Gasteiger charge is -2.37. The van der Waals surface area contributed by atoms with Crippen LogP contribution in [0.25, 0.3) is 0 Å². The number of hydrogen-bond donors (Lipinski definition) is 2. The molecule has 38 heavy (non-hydrogen) atoms. The number of aliphatic carboxylic acids is 1. The third-order valence-electron chi connectivity index (χ3n) is 5.52. The van der Waals surface area contributed by atoms with Crippen LogP contribution < -0.4 is 19.9 Å². The van der Waals surface area contributed by atoms with E-state index in [1.165, 1.54) is 0 Å². The summed E-state index contributed by atoms with van der Waals surface area (Å²) >= 11 is 6.49. The zero-order valence-electron chi connectivity index (χ0n) is 20.3. The minimum Gasteiger partial charge on any atom is -0.497 e. The Hall–Kier alpha value is -4.06. The molecule has 0 unspecified atom stereocenters. The van der Waals surface area contributed by atoms with Gasteiger partial charge in [-0.3, -0.25) is 9.78 Å². The predicted octanol–water partition coefficient (Wildman–Crippen LogP) is 4.03. The lowest BCUT2D eigenvalue weighted by molar-refractivity contribution is -0.192. The Morgan fingerprint density at radius 1 is 1.08 bits per heavy atom. The SMILES string of the molecule is COc1cccc(CNC(=O)c2cnc(N3CCN(c4ccncc4)CC3)c(Cl)c2)c1.O=C(O)C(F)(F)F. The van der Waals surface area contributed by atoms with Crippen LogP contribution in [0.1, 0.15) is 15.9 Å². The normalized spacial score (nSPS) is 13.3. The van der Waals surface area contributed by atoms with Gasteiger partial charge in [0.15, 0.2) is 0 Å². The number of rotatable bonds is 6. The molecule has 1 aliphatic heterocycles. The fraction of sp³-hybridized carbons (Fsp3) is 0.280. The second-order valence-corrected chi connectivity index (χ2v) is 8.45. The molecule has 3 heterocycles. The summed E-state index contributed by atoms with van der Waals surface area (Å²) in [4.78, 5) is 34.5. The maximum atomic E-state index is 12.5. The molecular formula is C25H25ClF3N5O4. The van der Waals surface area contributed by atoms with Gasteiger partial charge in [0.1, 0.15) is 11.6 Å². The third-order valence-corrected chi connectivity index (χ3v) is 5.80. The molecule has 0 saturated carbocycles. The first-order valence-corrected chi connectivity index (χ1v) is 11.7. The maximum Gasteiger partial charge on any atom is 0.490 e. The van der Waals surface area contributed by atoms with Crippen LogP contribution >= 0.6 is 11.6 Å².